The number of carbonyl (C=O) groups is 2. The van der Waals surface area contributed by atoms with E-state index in [1.807, 2.05) is 72.8 Å². The maximum atomic E-state index is 12.6. The zero-order valence-electron chi connectivity index (χ0n) is 19.0. The molecular formula is C29H23N3O3. The van der Waals surface area contributed by atoms with Gasteiger partial charge in [0.05, 0.1) is 7.11 Å². The van der Waals surface area contributed by atoms with Gasteiger partial charge in [0.2, 0.25) is 0 Å². The van der Waals surface area contributed by atoms with Crippen LogP contribution in [0.3, 0.4) is 0 Å². The van der Waals surface area contributed by atoms with Crippen LogP contribution in [-0.2, 0) is 0 Å². The number of aromatic amines is 1. The molecule has 172 valence electrons. The quantitative estimate of drug-likeness (QED) is 0.276. The smallest absolute Gasteiger partial charge is 0.255 e. The van der Waals surface area contributed by atoms with Crippen LogP contribution in [0, 0.1) is 0 Å². The third-order valence-corrected chi connectivity index (χ3v) is 5.72. The van der Waals surface area contributed by atoms with Crippen molar-refractivity contribution in [3.8, 4) is 17.0 Å². The van der Waals surface area contributed by atoms with E-state index in [-0.39, 0.29) is 11.8 Å². The van der Waals surface area contributed by atoms with Crippen LogP contribution in [0.5, 0.6) is 5.75 Å². The van der Waals surface area contributed by atoms with E-state index in [1.54, 1.807) is 37.4 Å². The summed E-state index contributed by atoms with van der Waals surface area (Å²) in [6.07, 6.45) is 0. The Morgan fingerprint density at radius 2 is 1.31 bits per heavy atom. The number of benzene rings is 4. The summed E-state index contributed by atoms with van der Waals surface area (Å²) < 4.78 is 5.13. The van der Waals surface area contributed by atoms with Crippen LogP contribution in [0.15, 0.2) is 103 Å². The molecule has 1 heterocycles. The lowest BCUT2D eigenvalue weighted by Gasteiger charge is -2.07. The number of hydrogen-bond acceptors (Lipinski definition) is 3. The summed E-state index contributed by atoms with van der Waals surface area (Å²) in [4.78, 5) is 28.5. The van der Waals surface area contributed by atoms with E-state index < -0.39 is 0 Å². The number of nitrogens with one attached hydrogen (secondary N) is 3. The summed E-state index contributed by atoms with van der Waals surface area (Å²) in [6, 6.07) is 31.5. The largest absolute Gasteiger partial charge is 0.497 e. The molecule has 5 aromatic rings. The number of H-pyrrole nitrogens is 1. The normalized spacial score (nSPS) is 10.7. The molecule has 0 saturated carbocycles. The summed E-state index contributed by atoms with van der Waals surface area (Å²) in [6.45, 7) is 0. The van der Waals surface area contributed by atoms with E-state index in [9.17, 15) is 9.59 Å². The fraction of sp³-hybridized carbons (Fsp3) is 0.0345. The Balaban J connectivity index is 1.30. The molecule has 0 fully saturated rings. The van der Waals surface area contributed by atoms with E-state index in [2.05, 4.69) is 15.6 Å². The van der Waals surface area contributed by atoms with E-state index in [1.165, 1.54) is 0 Å². The van der Waals surface area contributed by atoms with Gasteiger partial charge >= 0.3 is 0 Å². The van der Waals surface area contributed by atoms with Crippen LogP contribution in [0.1, 0.15) is 20.7 Å². The molecule has 5 rings (SSSR count). The van der Waals surface area contributed by atoms with Gasteiger partial charge in [0, 0.05) is 39.1 Å². The van der Waals surface area contributed by atoms with E-state index >= 15 is 0 Å². The third-order valence-electron chi connectivity index (χ3n) is 5.72. The molecule has 6 nitrogen and oxygen atoms in total. The molecule has 0 saturated heterocycles. The number of hydrogen-bond donors (Lipinski definition) is 3. The molecule has 0 unspecified atom stereocenters. The first-order valence-corrected chi connectivity index (χ1v) is 11.1. The molecule has 0 atom stereocenters. The Morgan fingerprint density at radius 3 is 2.00 bits per heavy atom. The highest BCUT2D eigenvalue weighted by molar-refractivity contribution is 6.07. The summed E-state index contributed by atoms with van der Waals surface area (Å²) in [7, 11) is 1.59. The van der Waals surface area contributed by atoms with Crippen molar-refractivity contribution in [2.24, 2.45) is 0 Å². The van der Waals surface area contributed by atoms with Crippen molar-refractivity contribution < 1.29 is 14.3 Å². The predicted molar refractivity (Wildman–Crippen MR) is 139 cm³/mol. The summed E-state index contributed by atoms with van der Waals surface area (Å²) in [5, 5.41) is 6.76. The predicted octanol–water partition coefficient (Wildman–Crippen LogP) is 6.35. The molecule has 0 radical (unpaired) electrons. The molecule has 0 aliphatic heterocycles. The van der Waals surface area contributed by atoms with Gasteiger partial charge in [0.15, 0.2) is 0 Å². The van der Waals surface area contributed by atoms with Crippen molar-refractivity contribution in [2.45, 2.75) is 0 Å². The number of fused-ring (bicyclic) bond motifs is 1. The molecule has 4 aromatic carbocycles. The Labute approximate surface area is 202 Å². The number of para-hydroxylation sites is 1. The number of amides is 2. The Kier molecular flexibility index (Phi) is 6.01. The molecule has 0 spiro atoms. The number of ether oxygens (including phenoxy) is 1. The number of methoxy groups -OCH3 is 1. The van der Waals surface area contributed by atoms with Gasteiger partial charge in [-0.1, -0.05) is 30.3 Å². The number of rotatable bonds is 6. The second-order valence-corrected chi connectivity index (χ2v) is 8.07. The van der Waals surface area contributed by atoms with Crippen LogP contribution >= 0.6 is 0 Å². The summed E-state index contributed by atoms with van der Waals surface area (Å²) in [5.41, 5.74) is 5.43. The maximum Gasteiger partial charge on any atom is 0.255 e. The average molecular weight is 462 g/mol. The SMILES string of the molecule is COc1ccc(C(=O)Nc2ccc(-c3cc4cc(C(=O)Nc5ccccc5)ccc4[nH]3)cc2)cc1. The first-order chi connectivity index (χ1) is 17.1. The van der Waals surface area contributed by atoms with Crippen molar-refractivity contribution in [3.05, 3.63) is 114 Å². The Morgan fingerprint density at radius 1 is 0.686 bits per heavy atom. The molecule has 0 bridgehead atoms. The first-order valence-electron chi connectivity index (χ1n) is 11.1. The zero-order valence-corrected chi connectivity index (χ0v) is 19.0. The fourth-order valence-electron chi connectivity index (χ4n) is 3.83. The van der Waals surface area contributed by atoms with Gasteiger partial charge in [-0.2, -0.15) is 0 Å². The molecule has 0 aliphatic carbocycles. The monoisotopic (exact) mass is 461 g/mol. The van der Waals surface area contributed by atoms with Crippen molar-refractivity contribution >= 4 is 34.1 Å². The van der Waals surface area contributed by atoms with Crippen molar-refractivity contribution in [1.82, 2.24) is 4.98 Å². The van der Waals surface area contributed by atoms with Gasteiger partial charge in [0.1, 0.15) is 5.75 Å². The number of carbonyl (C=O) groups excluding carboxylic acids is 2. The molecule has 35 heavy (non-hydrogen) atoms. The van der Waals surface area contributed by atoms with Crippen LogP contribution in [0.25, 0.3) is 22.2 Å². The second kappa shape index (κ2) is 9.57. The van der Waals surface area contributed by atoms with Gasteiger partial charge in [0.25, 0.3) is 11.8 Å². The fourth-order valence-corrected chi connectivity index (χ4v) is 3.83. The van der Waals surface area contributed by atoms with Gasteiger partial charge in [-0.3, -0.25) is 9.59 Å². The van der Waals surface area contributed by atoms with E-state index in [0.29, 0.717) is 22.6 Å². The average Bonchev–Trinajstić information content (AvgIpc) is 3.33. The Bertz CT molecular complexity index is 1490. The lowest BCUT2D eigenvalue weighted by Crippen LogP contribution is -2.11. The molecule has 1 aromatic heterocycles. The summed E-state index contributed by atoms with van der Waals surface area (Å²) >= 11 is 0. The minimum Gasteiger partial charge on any atom is -0.497 e. The zero-order chi connectivity index (χ0) is 24.2. The van der Waals surface area contributed by atoms with Gasteiger partial charge < -0.3 is 20.4 Å². The number of aromatic nitrogens is 1. The first kappa shape index (κ1) is 22.0. The van der Waals surface area contributed by atoms with Gasteiger partial charge in [-0.05, 0) is 78.4 Å². The minimum absolute atomic E-state index is 0.155. The van der Waals surface area contributed by atoms with E-state index in [4.69, 9.17) is 4.74 Å². The molecule has 2 amide bonds. The topological polar surface area (TPSA) is 83.2 Å². The molecule has 3 N–H and O–H groups in total. The van der Waals surface area contributed by atoms with Gasteiger partial charge in [-0.15, -0.1) is 0 Å². The van der Waals surface area contributed by atoms with Crippen LogP contribution in [-0.4, -0.2) is 23.9 Å². The molecule has 6 heteroatoms. The Hall–Kier alpha value is -4.84. The highest BCUT2D eigenvalue weighted by atomic mass is 16.5. The molecular weight excluding hydrogens is 438 g/mol. The highest BCUT2D eigenvalue weighted by Gasteiger charge is 2.10. The highest BCUT2D eigenvalue weighted by Crippen LogP contribution is 2.26. The third kappa shape index (κ3) is 4.91. The van der Waals surface area contributed by atoms with Crippen LogP contribution < -0.4 is 15.4 Å². The maximum absolute atomic E-state index is 12.6. The summed E-state index contributed by atoms with van der Waals surface area (Å²) in [5.74, 6) is 0.360. The van der Waals surface area contributed by atoms with Crippen LogP contribution in [0.4, 0.5) is 11.4 Å². The van der Waals surface area contributed by atoms with Crippen molar-refractivity contribution in [1.29, 1.82) is 0 Å². The van der Waals surface area contributed by atoms with Crippen molar-refractivity contribution in [3.63, 3.8) is 0 Å². The van der Waals surface area contributed by atoms with Crippen LogP contribution in [0.2, 0.25) is 0 Å². The lowest BCUT2D eigenvalue weighted by atomic mass is 10.1. The minimum atomic E-state index is -0.188. The van der Waals surface area contributed by atoms with Gasteiger partial charge in [-0.25, -0.2) is 0 Å². The molecule has 0 aliphatic rings. The lowest BCUT2D eigenvalue weighted by molar-refractivity contribution is 0.101. The number of anilines is 2. The second-order valence-electron chi connectivity index (χ2n) is 8.07. The van der Waals surface area contributed by atoms with Crippen molar-refractivity contribution in [2.75, 3.05) is 17.7 Å². The standard InChI is InChI=1S/C29H23N3O3/c1-35-25-14-9-20(10-15-25)28(33)31-24-12-7-19(8-13-24)27-18-22-17-21(11-16-26(22)32-27)29(34)30-23-5-3-2-4-6-23/h2-18,32H,1H3,(H,30,34)(H,31,33). The van der Waals surface area contributed by atoms with E-state index in [0.717, 1.165) is 27.8 Å².